The molecule has 19 N–H and O–H groups in total. The van der Waals surface area contributed by atoms with E-state index in [9.17, 15) is 106 Å². The highest BCUT2D eigenvalue weighted by atomic mass is 16.8. The number of carboxylic acids is 2. The van der Waals surface area contributed by atoms with Crippen molar-refractivity contribution in [1.82, 2.24) is 16.0 Å². The van der Waals surface area contributed by atoms with Crippen LogP contribution < -0.4 is 16.0 Å². The van der Waals surface area contributed by atoms with Crippen LogP contribution in [0.4, 0.5) is 0 Å². The van der Waals surface area contributed by atoms with E-state index in [0.29, 0.717) is 19.3 Å². The molecular formula is C70H125N3O29. The highest BCUT2D eigenvalue weighted by Crippen LogP contribution is 2.41. The Hall–Kier alpha value is -3.79. The van der Waals surface area contributed by atoms with Crippen LogP contribution in [-0.2, 0) is 61.9 Å². The van der Waals surface area contributed by atoms with Crippen molar-refractivity contribution >= 4 is 29.7 Å². The van der Waals surface area contributed by atoms with Gasteiger partial charge in [0.15, 0.2) is 12.6 Å². The average Bonchev–Trinajstić information content (AvgIpc) is 0.755. The number of hydrogen-bond acceptors (Lipinski definition) is 27. The Morgan fingerprint density at radius 1 is 0.520 bits per heavy atom. The third-order valence-electron chi connectivity index (χ3n) is 19.5. The fourth-order valence-electron chi connectivity index (χ4n) is 13.5. The Morgan fingerprint density at radius 2 is 0.980 bits per heavy atom. The SMILES string of the molecule is CCCCCCC=CCCCCCCCCCC(=O)NC(COC1OC(CO)C(OC2OC(CO)C(O)C(OC3(C(=O)O)CC(O)C(NC(C)=O)C(C(O)C(CO)OC4(C(=O)O)CC(O)C(NC(C)=O)C(C(O)C(O)CO)O4)O3)C2O)C(O)C1O)C(O)CCCCCCCCCCCCCCC. The summed E-state index contributed by atoms with van der Waals surface area (Å²) in [5, 5.41) is 185. The lowest BCUT2D eigenvalue weighted by atomic mass is 9.87. The van der Waals surface area contributed by atoms with Crippen molar-refractivity contribution in [3.63, 3.8) is 0 Å². The summed E-state index contributed by atoms with van der Waals surface area (Å²) in [5.41, 5.74) is 0. The number of rotatable bonds is 52. The van der Waals surface area contributed by atoms with Gasteiger partial charge in [0, 0.05) is 33.1 Å². The molecule has 4 aliphatic heterocycles. The van der Waals surface area contributed by atoms with Gasteiger partial charge in [0.05, 0.1) is 69.5 Å². The number of nitrogens with one attached hydrogen (secondary N) is 3. The summed E-state index contributed by atoms with van der Waals surface area (Å²) < 4.78 is 46.5. The summed E-state index contributed by atoms with van der Waals surface area (Å²) in [7, 11) is 0. The molecule has 0 saturated carbocycles. The van der Waals surface area contributed by atoms with Crippen LogP contribution in [0.25, 0.3) is 0 Å². The normalized spacial score (nSPS) is 31.7. The number of carbonyl (C=O) groups is 5. The van der Waals surface area contributed by atoms with Gasteiger partial charge in [-0.2, -0.15) is 0 Å². The molecule has 24 atom stereocenters. The maximum atomic E-state index is 13.6. The molecule has 0 bridgehead atoms. The van der Waals surface area contributed by atoms with Crippen LogP contribution in [0, 0.1) is 0 Å². The van der Waals surface area contributed by atoms with E-state index in [-0.39, 0.29) is 12.3 Å². The maximum Gasteiger partial charge on any atom is 0.364 e. The second kappa shape index (κ2) is 47.8. The van der Waals surface area contributed by atoms with Gasteiger partial charge >= 0.3 is 11.9 Å². The van der Waals surface area contributed by atoms with Crippen LogP contribution in [0.2, 0.25) is 0 Å². The first-order valence-corrected chi connectivity index (χ1v) is 37.2. The van der Waals surface area contributed by atoms with Crippen molar-refractivity contribution in [3.8, 4) is 0 Å². The summed E-state index contributed by atoms with van der Waals surface area (Å²) in [6.45, 7) is 1.15. The van der Waals surface area contributed by atoms with Crippen LogP contribution in [-0.4, -0.2) is 290 Å². The van der Waals surface area contributed by atoms with E-state index in [1.807, 2.05) is 0 Å². The predicted molar refractivity (Wildman–Crippen MR) is 363 cm³/mol. The first-order chi connectivity index (χ1) is 48.7. The van der Waals surface area contributed by atoms with E-state index < -0.39 is 216 Å². The van der Waals surface area contributed by atoms with Gasteiger partial charge in [-0.25, -0.2) is 9.59 Å². The van der Waals surface area contributed by atoms with Crippen molar-refractivity contribution in [2.45, 2.75) is 366 Å². The second-order valence-corrected chi connectivity index (χ2v) is 27.9. The number of aliphatic carboxylic acids is 2. The molecule has 32 nitrogen and oxygen atoms in total. The number of carboxylic acid groups (broad SMARTS) is 2. The number of unbranched alkanes of at least 4 members (excludes halogenated alkanes) is 23. The van der Waals surface area contributed by atoms with Crippen molar-refractivity contribution in [1.29, 1.82) is 0 Å². The summed E-state index contributed by atoms with van der Waals surface area (Å²) >= 11 is 0. The summed E-state index contributed by atoms with van der Waals surface area (Å²) in [5.74, 6) is -13.1. The van der Waals surface area contributed by atoms with Gasteiger partial charge in [-0.15, -0.1) is 0 Å². The number of carbonyl (C=O) groups excluding carboxylic acids is 3. The molecule has 594 valence electrons. The van der Waals surface area contributed by atoms with Gasteiger partial charge in [0.25, 0.3) is 11.6 Å². The van der Waals surface area contributed by atoms with Crippen molar-refractivity contribution in [3.05, 3.63) is 12.2 Å². The Bertz CT molecular complexity index is 2410. The predicted octanol–water partition coefficient (Wildman–Crippen LogP) is 0.339. The van der Waals surface area contributed by atoms with Crippen LogP contribution in [0.1, 0.15) is 220 Å². The molecule has 0 aliphatic carbocycles. The Labute approximate surface area is 598 Å². The standard InChI is InChI=1S/C70H125N3O29/c1-5-7-9-11-13-15-17-19-20-22-24-26-28-30-32-34-52(84)73-44(45(80)33-31-29-27-25-23-21-18-16-14-12-10-8-6-2)41-95-65-59(89)58(88)61(51(40-77)97-65)98-66-60(90)64(56(86)49(38-75)96-66)102-70(68(93)94)36-47(82)54(72-43(4)79)63(101-70)57(87)50(39-76)99-69(67(91)92)35-46(81)53(71-42(3)78)62(100-69)55(85)48(83)37-74/h15,17,44-51,53-66,74-77,80-83,85-90H,5-14,16,18-41H2,1-4H3,(H,71,78)(H,72,79)(H,73,84)(H,91,92)(H,93,94). The smallest absolute Gasteiger partial charge is 0.364 e. The lowest BCUT2D eigenvalue weighted by Gasteiger charge is -2.51. The fraction of sp³-hybridized carbons (Fsp3) is 0.900. The second-order valence-electron chi connectivity index (χ2n) is 27.9. The first kappa shape index (κ1) is 90.6. The zero-order chi connectivity index (χ0) is 75.5. The minimum Gasteiger partial charge on any atom is -0.477 e. The lowest BCUT2D eigenvalue weighted by molar-refractivity contribution is -0.388. The third kappa shape index (κ3) is 28.4. The van der Waals surface area contributed by atoms with E-state index in [4.69, 9.17) is 37.9 Å². The molecule has 32 heteroatoms. The molecule has 0 aromatic carbocycles. The average molecular weight is 1470 g/mol. The highest BCUT2D eigenvalue weighted by molar-refractivity contribution is 5.78. The quantitative estimate of drug-likeness (QED) is 0.0288. The van der Waals surface area contributed by atoms with Crippen LogP contribution >= 0.6 is 0 Å². The maximum absolute atomic E-state index is 13.6. The summed E-state index contributed by atoms with van der Waals surface area (Å²) in [6.07, 6.45) is -8.81. The van der Waals surface area contributed by atoms with Gasteiger partial charge in [-0.1, -0.05) is 161 Å². The molecule has 4 heterocycles. The molecule has 4 fully saturated rings. The lowest BCUT2D eigenvalue weighted by Crippen LogP contribution is -2.72. The number of ether oxygens (including phenoxy) is 8. The molecule has 0 aromatic heterocycles. The van der Waals surface area contributed by atoms with Gasteiger partial charge in [-0.05, 0) is 38.5 Å². The van der Waals surface area contributed by atoms with Crippen LogP contribution in [0.5, 0.6) is 0 Å². The molecule has 4 aliphatic rings. The van der Waals surface area contributed by atoms with Gasteiger partial charge in [-0.3, -0.25) is 14.4 Å². The fourth-order valence-corrected chi connectivity index (χ4v) is 13.5. The summed E-state index contributed by atoms with van der Waals surface area (Å²) in [6, 6.07) is -4.64. The number of allylic oxidation sites excluding steroid dienone is 2. The van der Waals surface area contributed by atoms with Crippen LogP contribution in [0.3, 0.4) is 0 Å². The van der Waals surface area contributed by atoms with E-state index in [1.54, 1.807) is 0 Å². The first-order valence-electron chi connectivity index (χ1n) is 37.2. The monoisotopic (exact) mass is 1470 g/mol. The molecule has 0 spiro atoms. The number of aliphatic hydroxyl groups excluding tert-OH is 14. The molecule has 0 radical (unpaired) electrons. The Morgan fingerprint density at radius 3 is 1.47 bits per heavy atom. The highest BCUT2D eigenvalue weighted by Gasteiger charge is 2.62. The third-order valence-corrected chi connectivity index (χ3v) is 19.5. The van der Waals surface area contributed by atoms with E-state index in [2.05, 4.69) is 41.9 Å². The van der Waals surface area contributed by atoms with Crippen molar-refractivity contribution in [2.75, 3.05) is 33.0 Å². The van der Waals surface area contributed by atoms with Gasteiger partial charge < -0.3 is 136 Å². The molecule has 0 aromatic rings. The Kier molecular flexibility index (Phi) is 42.5. The summed E-state index contributed by atoms with van der Waals surface area (Å²) in [4.78, 5) is 65.0. The molecule has 3 amide bonds. The van der Waals surface area contributed by atoms with Gasteiger partial charge in [0.1, 0.15) is 85.5 Å². The van der Waals surface area contributed by atoms with E-state index >= 15 is 0 Å². The molecule has 4 rings (SSSR count). The molecular weight excluding hydrogens is 1350 g/mol. The van der Waals surface area contributed by atoms with Crippen molar-refractivity contribution in [2.24, 2.45) is 0 Å². The zero-order valence-corrected chi connectivity index (χ0v) is 60.1. The Balaban J connectivity index is 1.49. The number of amides is 3. The van der Waals surface area contributed by atoms with Crippen molar-refractivity contribution < 1.29 is 144 Å². The molecule has 102 heavy (non-hydrogen) atoms. The van der Waals surface area contributed by atoms with E-state index in [0.717, 1.165) is 97.3 Å². The van der Waals surface area contributed by atoms with Gasteiger partial charge in [0.2, 0.25) is 17.7 Å². The number of hydrogen-bond donors (Lipinski definition) is 19. The van der Waals surface area contributed by atoms with E-state index in [1.165, 1.54) is 70.6 Å². The zero-order valence-electron chi connectivity index (χ0n) is 60.1. The topological polar surface area (TPSA) is 519 Å². The minimum atomic E-state index is -3.39. The number of aliphatic hydroxyl groups is 14. The molecule has 24 unspecified atom stereocenters. The minimum absolute atomic E-state index is 0.170. The largest absolute Gasteiger partial charge is 0.477 e. The van der Waals surface area contributed by atoms with Crippen LogP contribution in [0.15, 0.2) is 12.2 Å². The molecule has 4 saturated heterocycles.